The van der Waals surface area contributed by atoms with E-state index in [4.69, 9.17) is 0 Å². The maximum atomic E-state index is 12.7. The van der Waals surface area contributed by atoms with Gasteiger partial charge in [0.15, 0.2) is 0 Å². The molecule has 34 heavy (non-hydrogen) atoms. The Morgan fingerprint density at radius 1 is 0.706 bits per heavy atom. The van der Waals surface area contributed by atoms with E-state index in [9.17, 15) is 31.1 Å². The third-order valence-corrected chi connectivity index (χ3v) is 4.36. The van der Waals surface area contributed by atoms with Crippen LogP contribution in [-0.4, -0.2) is 18.3 Å². The number of alkyl halides is 6. The van der Waals surface area contributed by atoms with Crippen LogP contribution in [0.4, 0.5) is 32.0 Å². The molecule has 0 aromatic heterocycles. The number of halogens is 6. The van der Waals surface area contributed by atoms with E-state index in [1.807, 2.05) is 0 Å². The number of rotatable bonds is 6. The van der Waals surface area contributed by atoms with Crippen molar-refractivity contribution in [3.63, 3.8) is 0 Å². The minimum atomic E-state index is -4.49. The van der Waals surface area contributed by atoms with Gasteiger partial charge in [0.25, 0.3) is 5.91 Å². The zero-order chi connectivity index (χ0) is 24.8. The van der Waals surface area contributed by atoms with Crippen LogP contribution in [0.1, 0.15) is 32.6 Å². The van der Waals surface area contributed by atoms with E-state index >= 15 is 0 Å². The maximum Gasteiger partial charge on any atom is 0.416 e. The minimum Gasteiger partial charge on any atom is -0.279 e. The summed E-state index contributed by atoms with van der Waals surface area (Å²) >= 11 is 0. The van der Waals surface area contributed by atoms with Gasteiger partial charge in [-0.1, -0.05) is 24.3 Å². The van der Waals surface area contributed by atoms with Crippen LogP contribution >= 0.6 is 0 Å². The first-order valence-electron chi connectivity index (χ1n) is 9.59. The molecule has 0 heterocycles. The molecular weight excluding hydrogens is 462 g/mol. The van der Waals surface area contributed by atoms with Crippen molar-refractivity contribution in [2.24, 2.45) is 10.2 Å². The monoisotopic (exact) mass is 478 g/mol. The van der Waals surface area contributed by atoms with Gasteiger partial charge in [-0.2, -0.15) is 36.5 Å². The zero-order valence-corrected chi connectivity index (χ0v) is 17.2. The molecule has 0 spiro atoms. The quantitative estimate of drug-likeness (QED) is 0.262. The first kappa shape index (κ1) is 24.5. The van der Waals surface area contributed by atoms with Gasteiger partial charge in [0.1, 0.15) is 0 Å². The van der Waals surface area contributed by atoms with E-state index in [0.29, 0.717) is 5.69 Å². The summed E-state index contributed by atoms with van der Waals surface area (Å²) in [6.07, 6.45) is -6.63. The highest BCUT2D eigenvalue weighted by Gasteiger charge is 2.30. The van der Waals surface area contributed by atoms with Gasteiger partial charge in [-0.25, -0.2) is 5.43 Å². The lowest BCUT2D eigenvalue weighted by Crippen LogP contribution is -2.17. The normalized spacial score (nSPS) is 12.3. The maximum absolute atomic E-state index is 12.7. The number of carbonyl (C=O) groups is 1. The number of nitrogens with one attached hydrogen (secondary N) is 2. The smallest absolute Gasteiger partial charge is 0.279 e. The first-order chi connectivity index (χ1) is 16.0. The molecule has 3 rings (SSSR count). The van der Waals surface area contributed by atoms with Crippen LogP contribution in [-0.2, 0) is 12.4 Å². The van der Waals surface area contributed by atoms with Crippen molar-refractivity contribution >= 4 is 24.0 Å². The first-order valence-corrected chi connectivity index (χ1v) is 9.59. The molecule has 0 radical (unpaired) electrons. The summed E-state index contributed by atoms with van der Waals surface area (Å²) in [6, 6.07) is 15.0. The van der Waals surface area contributed by atoms with Crippen molar-refractivity contribution < 1.29 is 31.1 Å². The summed E-state index contributed by atoms with van der Waals surface area (Å²) in [7, 11) is 0. The molecule has 0 aliphatic carbocycles. The molecule has 0 bridgehead atoms. The van der Waals surface area contributed by atoms with E-state index in [1.165, 1.54) is 54.7 Å². The highest BCUT2D eigenvalue weighted by Crippen LogP contribution is 2.30. The van der Waals surface area contributed by atoms with Crippen LogP contribution in [0, 0.1) is 0 Å². The Bertz CT molecular complexity index is 1200. The average Bonchev–Trinajstić information content (AvgIpc) is 2.79. The van der Waals surface area contributed by atoms with Crippen molar-refractivity contribution in [3.05, 3.63) is 101 Å². The summed E-state index contributed by atoms with van der Waals surface area (Å²) in [4.78, 5) is 12.1. The molecule has 0 unspecified atom stereocenters. The fraction of sp³-hybridized carbons (Fsp3) is 0.0870. The number of nitrogens with zero attached hydrogens (tertiary/aromatic N) is 2. The molecule has 1 amide bonds. The zero-order valence-electron chi connectivity index (χ0n) is 17.2. The lowest BCUT2D eigenvalue weighted by atomic mass is 10.1. The van der Waals surface area contributed by atoms with Crippen LogP contribution in [0.25, 0.3) is 0 Å². The Balaban J connectivity index is 1.56. The van der Waals surface area contributed by atoms with Crippen molar-refractivity contribution in [3.8, 4) is 0 Å². The van der Waals surface area contributed by atoms with Gasteiger partial charge in [0, 0.05) is 5.56 Å². The number of carbonyl (C=O) groups excluding carboxylic acids is 1. The van der Waals surface area contributed by atoms with Crippen molar-refractivity contribution in [1.29, 1.82) is 0 Å². The second-order valence-electron chi connectivity index (χ2n) is 6.89. The molecule has 2 N–H and O–H groups in total. The second-order valence-corrected chi connectivity index (χ2v) is 6.89. The minimum absolute atomic E-state index is 0.160. The van der Waals surface area contributed by atoms with E-state index in [1.54, 1.807) is 0 Å². The van der Waals surface area contributed by atoms with Gasteiger partial charge in [0.05, 0.1) is 29.2 Å². The Hall–Kier alpha value is -4.15. The Morgan fingerprint density at radius 3 is 1.71 bits per heavy atom. The molecule has 0 saturated heterocycles. The van der Waals surface area contributed by atoms with Crippen molar-refractivity contribution in [2.45, 2.75) is 12.4 Å². The molecule has 176 valence electrons. The van der Waals surface area contributed by atoms with E-state index in [-0.39, 0.29) is 16.7 Å². The van der Waals surface area contributed by atoms with Crippen LogP contribution in [0.2, 0.25) is 0 Å². The van der Waals surface area contributed by atoms with Crippen molar-refractivity contribution in [1.82, 2.24) is 5.43 Å². The molecule has 5 nitrogen and oxygen atoms in total. The largest absolute Gasteiger partial charge is 0.416 e. The molecule has 3 aromatic carbocycles. The van der Waals surface area contributed by atoms with Crippen LogP contribution in [0.3, 0.4) is 0 Å². The van der Waals surface area contributed by atoms with Gasteiger partial charge < -0.3 is 0 Å². The second kappa shape index (κ2) is 10.2. The molecule has 0 fully saturated rings. The third-order valence-electron chi connectivity index (χ3n) is 4.36. The summed E-state index contributed by atoms with van der Waals surface area (Å²) < 4.78 is 76.4. The highest BCUT2D eigenvalue weighted by atomic mass is 19.4. The van der Waals surface area contributed by atoms with Gasteiger partial charge in [0.2, 0.25) is 0 Å². The molecule has 3 aromatic rings. The molecule has 0 aliphatic rings. The van der Waals surface area contributed by atoms with E-state index in [2.05, 4.69) is 21.1 Å². The summed E-state index contributed by atoms with van der Waals surface area (Å²) in [5, 5.41) is 7.53. The number of hydrogen-bond donors (Lipinski definition) is 2. The number of hydrazone groups is 2. The Labute approximate surface area is 189 Å². The average molecular weight is 478 g/mol. The fourth-order valence-corrected chi connectivity index (χ4v) is 2.70. The number of hydrogen-bond acceptors (Lipinski definition) is 4. The predicted octanol–water partition coefficient (Wildman–Crippen LogP) is 5.93. The van der Waals surface area contributed by atoms with Gasteiger partial charge in [-0.3, -0.25) is 10.2 Å². The predicted molar refractivity (Wildman–Crippen MR) is 116 cm³/mol. The van der Waals surface area contributed by atoms with E-state index in [0.717, 1.165) is 30.5 Å². The summed E-state index contributed by atoms with van der Waals surface area (Å²) in [6.45, 7) is 0. The standard InChI is InChI=1S/C23H16F6N4O/c24-22(25,26)18-5-1-3-15(11-18)13-30-32-20-9-7-17(8-10-20)21(34)33-31-14-16-4-2-6-19(12-16)23(27,28)29/h1-14,32H,(H,33,34)/b30-13-,31-14-. The lowest BCUT2D eigenvalue weighted by molar-refractivity contribution is -0.138. The number of benzene rings is 3. The number of amides is 1. The van der Waals surface area contributed by atoms with Crippen LogP contribution in [0.15, 0.2) is 83.0 Å². The Kier molecular flexibility index (Phi) is 7.34. The summed E-state index contributed by atoms with van der Waals surface area (Å²) in [5.74, 6) is -0.595. The van der Waals surface area contributed by atoms with Gasteiger partial charge in [-0.05, 0) is 59.7 Å². The highest BCUT2D eigenvalue weighted by molar-refractivity contribution is 5.95. The van der Waals surface area contributed by atoms with E-state index < -0.39 is 29.4 Å². The number of anilines is 1. The molecule has 0 saturated carbocycles. The van der Waals surface area contributed by atoms with Crippen molar-refractivity contribution in [2.75, 3.05) is 5.43 Å². The third kappa shape index (κ3) is 6.92. The summed E-state index contributed by atoms with van der Waals surface area (Å²) in [5.41, 5.74) is 4.32. The lowest BCUT2D eigenvalue weighted by Gasteiger charge is -2.07. The SMILES string of the molecule is O=C(N/N=C\c1cccc(C(F)(F)F)c1)c1ccc(N/N=C\c2cccc(C(F)(F)F)c2)cc1. The van der Waals surface area contributed by atoms with Crippen LogP contribution in [0.5, 0.6) is 0 Å². The molecule has 11 heteroatoms. The van der Waals surface area contributed by atoms with Gasteiger partial charge in [-0.15, -0.1) is 0 Å². The van der Waals surface area contributed by atoms with Gasteiger partial charge >= 0.3 is 12.4 Å². The molecular formula is C23H16F6N4O. The van der Waals surface area contributed by atoms with Crippen LogP contribution < -0.4 is 10.9 Å². The fourth-order valence-electron chi connectivity index (χ4n) is 2.70. The topological polar surface area (TPSA) is 65.8 Å². The Morgan fingerprint density at radius 2 is 1.21 bits per heavy atom. The molecule has 0 aliphatic heterocycles. The molecule has 0 atom stereocenters.